The van der Waals surface area contributed by atoms with Gasteiger partial charge in [-0.25, -0.2) is 15.3 Å². The molecule has 2 N–H and O–H groups in total. The summed E-state index contributed by atoms with van der Waals surface area (Å²) in [5.74, 6) is -0.346. The summed E-state index contributed by atoms with van der Waals surface area (Å²) in [6, 6.07) is 27.2. The second-order valence-electron chi connectivity index (χ2n) is 9.00. The number of fused-ring (bicyclic) bond motifs is 4. The van der Waals surface area contributed by atoms with Gasteiger partial charge in [0.25, 0.3) is 12.1 Å². The Morgan fingerprint density at radius 3 is 2.49 bits per heavy atom. The predicted molar refractivity (Wildman–Crippen MR) is 157 cm³/mol. The van der Waals surface area contributed by atoms with Crippen LogP contribution in [0.5, 0.6) is 0 Å². The number of halogens is 2. The monoisotopic (exact) mass is 569 g/mol. The van der Waals surface area contributed by atoms with E-state index < -0.39 is 6.17 Å². The van der Waals surface area contributed by atoms with E-state index in [9.17, 15) is 9.59 Å². The molecule has 0 saturated carbocycles. The average molecular weight is 570 g/mol. The molecule has 1 heterocycles. The van der Waals surface area contributed by atoms with Crippen LogP contribution in [0.1, 0.15) is 27.0 Å². The van der Waals surface area contributed by atoms with E-state index in [0.717, 1.165) is 11.1 Å². The first kappa shape index (κ1) is 25.2. The topological polar surface area (TPSA) is 75.7 Å². The van der Waals surface area contributed by atoms with Crippen molar-refractivity contribution in [2.45, 2.75) is 6.17 Å². The van der Waals surface area contributed by atoms with E-state index in [0.29, 0.717) is 49.4 Å². The number of benzodiazepines with no additional fused rings is 1. The molecule has 1 aliphatic carbocycles. The zero-order chi connectivity index (χ0) is 27.3. The molecule has 39 heavy (non-hydrogen) atoms. The predicted octanol–water partition coefficient (Wildman–Crippen LogP) is 4.42. The number of carbonyl (C=O) groups is 2. The van der Waals surface area contributed by atoms with Crippen LogP contribution in [0.4, 0.5) is 11.4 Å². The second kappa shape index (κ2) is 9.90. The molecule has 190 valence electrons. The summed E-state index contributed by atoms with van der Waals surface area (Å²) in [6.45, 7) is 0. The van der Waals surface area contributed by atoms with Crippen LogP contribution in [-0.4, -0.2) is 35.8 Å². The first-order chi connectivity index (χ1) is 18.8. The minimum atomic E-state index is -1.05. The average Bonchev–Trinajstić information content (AvgIpc) is 3.18. The molecule has 0 unspecified atom stereocenters. The lowest BCUT2D eigenvalue weighted by Gasteiger charge is -2.18. The van der Waals surface area contributed by atoms with Crippen LogP contribution in [0.25, 0.3) is 11.1 Å². The number of likely N-dealkylation sites (N-methyl/N-ethyl adjacent to an activating group) is 1. The molecule has 9 heteroatoms. The Bertz CT molecular complexity index is 1750. The number of rotatable bonds is 3. The third-order valence-corrected chi connectivity index (χ3v) is 7.47. The van der Waals surface area contributed by atoms with Gasteiger partial charge < -0.3 is 4.90 Å². The molecule has 1 atom stereocenters. The first-order valence-electron chi connectivity index (χ1n) is 11.9. The maximum Gasteiger partial charge on any atom is 0.308 e. The summed E-state index contributed by atoms with van der Waals surface area (Å²) in [5.41, 5.74) is 5.87. The lowest BCUT2D eigenvalue weighted by Crippen LogP contribution is -2.83. The molecule has 0 radical (unpaired) electrons. The van der Waals surface area contributed by atoms with Crippen molar-refractivity contribution in [3.05, 3.63) is 117 Å². The normalized spacial score (nSPS) is 16.1. The summed E-state index contributed by atoms with van der Waals surface area (Å²) in [5, 5.41) is 4.40. The lowest BCUT2D eigenvalue weighted by molar-refractivity contribution is -0.481. The van der Waals surface area contributed by atoms with Gasteiger partial charge >= 0.3 is 5.17 Å². The smallest absolute Gasteiger partial charge is 0.308 e. The maximum atomic E-state index is 13.6. The molecule has 0 fully saturated rings. The van der Waals surface area contributed by atoms with Crippen molar-refractivity contribution in [1.82, 2.24) is 0 Å². The molecule has 4 aromatic carbocycles. The van der Waals surface area contributed by atoms with E-state index in [2.05, 4.69) is 35.1 Å². The number of amidine groups is 1. The Morgan fingerprint density at radius 2 is 1.69 bits per heavy atom. The van der Waals surface area contributed by atoms with Crippen molar-refractivity contribution < 1.29 is 14.6 Å². The van der Waals surface area contributed by atoms with Gasteiger partial charge in [0, 0.05) is 46.0 Å². The Labute approximate surface area is 240 Å². The molecule has 0 bridgehead atoms. The van der Waals surface area contributed by atoms with E-state index in [1.54, 1.807) is 49.5 Å². The number of aliphatic imine (C=N–C) groups is 1. The van der Waals surface area contributed by atoms with E-state index in [-0.39, 0.29) is 16.9 Å². The van der Waals surface area contributed by atoms with Gasteiger partial charge in [-0.3, -0.25) is 9.59 Å². The maximum absolute atomic E-state index is 13.6. The first-order valence-corrected chi connectivity index (χ1v) is 13.1. The number of ketones is 1. The van der Waals surface area contributed by atoms with Crippen molar-refractivity contribution >= 4 is 69.8 Å². The summed E-state index contributed by atoms with van der Waals surface area (Å²) in [7, 11) is 1.67. The Hall–Kier alpha value is -4.09. The summed E-state index contributed by atoms with van der Waals surface area (Å²) in [6.07, 6.45) is -1.05. The van der Waals surface area contributed by atoms with Crippen LogP contribution in [0.3, 0.4) is 0 Å². The fourth-order valence-electron chi connectivity index (χ4n) is 4.88. The standard InChI is InChI=1S/C30H18Cl2N4O2S/c1-36-24-14-13-16(31)15-21(24)26(19-9-4-5-11-22(19)32)34-28(29(36)38)35-30(39)33-23-12-6-10-20-25(23)17-7-2-3-8-18(17)27(20)37/h2-3,6-15,28H,1H3,(H2,33,35,39)/p+1/t28-/m0/s1. The number of carbonyl (C=O) groups excluding carboxylic acids is 2. The van der Waals surface area contributed by atoms with Crippen LogP contribution < -0.4 is 15.2 Å². The highest BCUT2D eigenvalue weighted by Crippen LogP contribution is 2.41. The Kier molecular flexibility index (Phi) is 6.40. The fraction of sp³-hybridized carbons (Fsp3) is 0.0667. The molecule has 1 amide bonds. The zero-order valence-corrected chi connectivity index (χ0v) is 22.8. The molecule has 0 aromatic heterocycles. The summed E-state index contributed by atoms with van der Waals surface area (Å²) in [4.78, 5) is 35.9. The van der Waals surface area contributed by atoms with Gasteiger partial charge in [0.2, 0.25) is 0 Å². The van der Waals surface area contributed by atoms with E-state index in [1.807, 2.05) is 30.3 Å². The van der Waals surface area contributed by atoms with Gasteiger partial charge in [-0.05, 0) is 35.9 Å². The highest BCUT2D eigenvalue weighted by Gasteiger charge is 2.33. The van der Waals surface area contributed by atoms with Crippen LogP contribution >= 0.6 is 35.8 Å². The third-order valence-electron chi connectivity index (χ3n) is 6.69. The summed E-state index contributed by atoms with van der Waals surface area (Å²) >= 11 is 17.5. The van der Waals surface area contributed by atoms with Crippen LogP contribution in [0, 0.1) is 12.1 Å². The molecular formula is C30H19Cl2N4O2S+. The van der Waals surface area contributed by atoms with Gasteiger partial charge in [0.05, 0.1) is 16.4 Å². The molecule has 2 aliphatic rings. The quantitative estimate of drug-likeness (QED) is 0.171. The van der Waals surface area contributed by atoms with Gasteiger partial charge in [-0.1, -0.05) is 84.4 Å². The van der Waals surface area contributed by atoms with E-state index in [1.165, 1.54) is 4.90 Å². The van der Waals surface area contributed by atoms with Gasteiger partial charge in [0.15, 0.2) is 5.78 Å². The van der Waals surface area contributed by atoms with E-state index >= 15 is 0 Å². The van der Waals surface area contributed by atoms with Crippen LogP contribution in [-0.2, 0) is 4.79 Å². The number of nitrogens with one attached hydrogen (secondary N) is 2. The number of amides is 1. The molecule has 6 rings (SSSR count). The van der Waals surface area contributed by atoms with Gasteiger partial charge in [0.1, 0.15) is 5.69 Å². The SMILES string of the molecule is CN1C(=O)[C@H](/[NH+]=C(\S)Nc2cccc3c2-c2ccccc2C3=O)N=C(c2cc#ccc2Cl)c2cc(Cl)ccc21. The van der Waals surface area contributed by atoms with Gasteiger partial charge in [-0.15, -0.1) is 0 Å². The summed E-state index contributed by atoms with van der Waals surface area (Å²) < 4.78 is 0. The minimum absolute atomic E-state index is 0.0297. The molecule has 0 spiro atoms. The minimum Gasteiger partial charge on any atom is -0.309 e. The largest absolute Gasteiger partial charge is 0.309 e. The molecule has 1 aliphatic heterocycles. The number of anilines is 2. The van der Waals surface area contributed by atoms with Gasteiger partial charge in [-0.2, -0.15) is 0 Å². The highest BCUT2D eigenvalue weighted by atomic mass is 35.5. The molecule has 6 nitrogen and oxygen atoms in total. The Morgan fingerprint density at radius 1 is 0.949 bits per heavy atom. The third kappa shape index (κ3) is 4.37. The number of hydrogen-bond donors (Lipinski definition) is 3. The second-order valence-corrected chi connectivity index (χ2v) is 10.3. The molecule has 0 saturated heterocycles. The van der Waals surface area contributed by atoms with Crippen LogP contribution in [0.15, 0.2) is 77.8 Å². The van der Waals surface area contributed by atoms with Crippen molar-refractivity contribution in [3.8, 4) is 11.1 Å². The number of nitrogens with zero attached hydrogens (tertiary/aromatic N) is 2. The lowest BCUT2D eigenvalue weighted by atomic mass is 10.0. The van der Waals surface area contributed by atoms with Crippen molar-refractivity contribution in [2.75, 3.05) is 17.3 Å². The van der Waals surface area contributed by atoms with Crippen molar-refractivity contribution in [1.29, 1.82) is 0 Å². The van der Waals surface area contributed by atoms with E-state index in [4.69, 9.17) is 28.2 Å². The number of thiol groups is 1. The van der Waals surface area contributed by atoms with Crippen molar-refractivity contribution in [3.63, 3.8) is 0 Å². The molecular weight excluding hydrogens is 551 g/mol. The molecule has 4 aromatic rings. The zero-order valence-electron chi connectivity index (χ0n) is 20.4. The van der Waals surface area contributed by atoms with Crippen LogP contribution in [0.2, 0.25) is 10.0 Å². The number of benzene rings is 3. The highest BCUT2D eigenvalue weighted by molar-refractivity contribution is 7.96. The van der Waals surface area contributed by atoms with Crippen molar-refractivity contribution in [2.24, 2.45) is 4.99 Å². The fourth-order valence-corrected chi connectivity index (χ4v) is 5.49. The number of hydrogen-bond acceptors (Lipinski definition) is 3. The Balaban J connectivity index is 1.44.